The van der Waals surface area contributed by atoms with Crippen LogP contribution in [0.15, 0.2) is 0 Å². The lowest BCUT2D eigenvalue weighted by molar-refractivity contribution is -0.121. The highest BCUT2D eigenvalue weighted by Gasteiger charge is 2.28. The van der Waals surface area contributed by atoms with E-state index in [-0.39, 0.29) is 25.5 Å². The maximum atomic E-state index is 13.6. The highest BCUT2D eigenvalue weighted by Crippen LogP contribution is 2.26. The Kier molecular flexibility index (Phi) is 4.61. The van der Waals surface area contributed by atoms with E-state index in [1.807, 2.05) is 0 Å². The number of amides is 1. The van der Waals surface area contributed by atoms with E-state index in [4.69, 9.17) is 0 Å². The number of nitrogens with one attached hydrogen (secondary N) is 1. The second kappa shape index (κ2) is 6.25. The van der Waals surface area contributed by atoms with Gasteiger partial charge in [-0.05, 0) is 0 Å². The molecule has 1 aliphatic rings. The number of hydrogen-bond acceptors (Lipinski definition) is 4. The van der Waals surface area contributed by atoms with Crippen LogP contribution in [0.5, 0.6) is 0 Å². The molecule has 0 saturated carbocycles. The number of piperazine rings is 1. The van der Waals surface area contributed by atoms with Crippen molar-refractivity contribution in [3.63, 3.8) is 0 Å². The molecule has 1 N–H and O–H groups in total. The van der Waals surface area contributed by atoms with Gasteiger partial charge in [0, 0.05) is 33.2 Å². The zero-order chi connectivity index (χ0) is 15.6. The molecule has 0 atom stereocenters. The average molecular weight is 306 g/mol. The van der Waals surface area contributed by atoms with E-state index in [1.54, 1.807) is 4.90 Å². The fourth-order valence-corrected chi connectivity index (χ4v) is 2.17. The van der Waals surface area contributed by atoms with Crippen molar-refractivity contribution in [3.05, 3.63) is 23.5 Å². The van der Waals surface area contributed by atoms with Crippen molar-refractivity contribution in [1.82, 2.24) is 15.2 Å². The molecule has 0 unspecified atom stereocenters. The first-order valence-electron chi connectivity index (χ1n) is 6.32. The summed E-state index contributed by atoms with van der Waals surface area (Å²) in [5.74, 6) is -6.53. The van der Waals surface area contributed by atoms with E-state index in [1.165, 1.54) is 11.9 Å². The number of nitrogens with zero attached hydrogens (tertiary/aromatic N) is 3. The first-order chi connectivity index (χ1) is 9.93. The zero-order valence-electron chi connectivity index (χ0n) is 11.3. The number of likely N-dealkylation sites (N-methyl/N-ethyl adjacent to an activating group) is 1. The van der Waals surface area contributed by atoms with Gasteiger partial charge in [-0.3, -0.25) is 9.69 Å². The number of aromatic nitrogens is 1. The fraction of sp³-hybridized carbons (Fsp3) is 0.500. The Hall–Kier alpha value is -1.90. The first kappa shape index (κ1) is 15.5. The van der Waals surface area contributed by atoms with E-state index in [0.29, 0.717) is 13.1 Å². The van der Waals surface area contributed by atoms with Gasteiger partial charge in [0.1, 0.15) is 5.69 Å². The van der Waals surface area contributed by atoms with Crippen LogP contribution in [-0.4, -0.2) is 55.6 Å². The summed E-state index contributed by atoms with van der Waals surface area (Å²) in [6.07, 6.45) is 0. The minimum absolute atomic E-state index is 0.147. The average Bonchev–Trinajstić information content (AvgIpc) is 2.47. The predicted molar refractivity (Wildman–Crippen MR) is 66.8 cm³/mol. The van der Waals surface area contributed by atoms with E-state index in [9.17, 15) is 22.4 Å². The standard InChI is InChI=1S/C12H14F4N4O/c1-17-7(21)6-19-2-4-20(5-3-19)10-8(13)11(15)18-12(16)9(10)14/h2-6H2,1H3,(H,17,21). The number of rotatable bonds is 3. The number of hydrogen-bond donors (Lipinski definition) is 1. The molecular weight excluding hydrogens is 292 g/mol. The molecule has 1 aromatic rings. The van der Waals surface area contributed by atoms with Crippen LogP contribution in [0.25, 0.3) is 0 Å². The summed E-state index contributed by atoms with van der Waals surface area (Å²) in [5, 5.41) is 2.47. The highest BCUT2D eigenvalue weighted by molar-refractivity contribution is 5.77. The summed E-state index contributed by atoms with van der Waals surface area (Å²) in [5.41, 5.74) is -0.750. The maximum absolute atomic E-state index is 13.6. The van der Waals surface area contributed by atoms with Crippen molar-refractivity contribution in [2.24, 2.45) is 0 Å². The van der Waals surface area contributed by atoms with Gasteiger partial charge in [-0.1, -0.05) is 0 Å². The molecule has 21 heavy (non-hydrogen) atoms. The molecule has 0 aromatic carbocycles. The summed E-state index contributed by atoms with van der Waals surface area (Å²) in [7, 11) is 1.51. The number of carbonyl (C=O) groups is 1. The summed E-state index contributed by atoms with van der Waals surface area (Å²) < 4.78 is 53.4. The lowest BCUT2D eigenvalue weighted by Gasteiger charge is -2.35. The van der Waals surface area contributed by atoms with Crippen LogP contribution in [0.4, 0.5) is 23.2 Å². The summed E-state index contributed by atoms with van der Waals surface area (Å²) >= 11 is 0. The highest BCUT2D eigenvalue weighted by atomic mass is 19.2. The molecule has 1 saturated heterocycles. The normalized spacial score (nSPS) is 16.1. The molecule has 5 nitrogen and oxygen atoms in total. The Bertz CT molecular complexity index is 520. The molecule has 0 bridgehead atoms. The molecule has 1 fully saturated rings. The lowest BCUT2D eigenvalue weighted by atomic mass is 10.2. The van der Waals surface area contributed by atoms with Crippen molar-refractivity contribution < 1.29 is 22.4 Å². The van der Waals surface area contributed by atoms with Crippen LogP contribution in [0.3, 0.4) is 0 Å². The molecule has 0 radical (unpaired) electrons. The van der Waals surface area contributed by atoms with Gasteiger partial charge >= 0.3 is 0 Å². The molecule has 0 aliphatic carbocycles. The van der Waals surface area contributed by atoms with Crippen LogP contribution >= 0.6 is 0 Å². The van der Waals surface area contributed by atoms with Crippen molar-refractivity contribution >= 4 is 11.6 Å². The van der Waals surface area contributed by atoms with E-state index in [0.717, 1.165) is 0 Å². The van der Waals surface area contributed by atoms with Gasteiger partial charge in [0.05, 0.1) is 6.54 Å². The number of carbonyl (C=O) groups excluding carboxylic acids is 1. The van der Waals surface area contributed by atoms with E-state index < -0.39 is 29.2 Å². The van der Waals surface area contributed by atoms with Crippen LogP contribution in [0.1, 0.15) is 0 Å². The Labute approximate surface area is 118 Å². The van der Waals surface area contributed by atoms with Gasteiger partial charge in [-0.15, -0.1) is 0 Å². The van der Waals surface area contributed by atoms with E-state index >= 15 is 0 Å². The second-order valence-corrected chi connectivity index (χ2v) is 4.61. The van der Waals surface area contributed by atoms with Gasteiger partial charge in [0.15, 0.2) is 0 Å². The van der Waals surface area contributed by atoms with E-state index in [2.05, 4.69) is 10.3 Å². The molecule has 2 heterocycles. The SMILES string of the molecule is CNC(=O)CN1CCN(c2c(F)c(F)nc(F)c2F)CC1. The molecule has 2 rings (SSSR count). The first-order valence-corrected chi connectivity index (χ1v) is 6.32. The summed E-state index contributed by atoms with van der Waals surface area (Å²) in [6.45, 7) is 1.14. The van der Waals surface area contributed by atoms with Crippen molar-refractivity contribution in [1.29, 1.82) is 0 Å². The largest absolute Gasteiger partial charge is 0.364 e. The van der Waals surface area contributed by atoms with Gasteiger partial charge < -0.3 is 10.2 Å². The molecule has 1 aliphatic heterocycles. The zero-order valence-corrected chi connectivity index (χ0v) is 11.3. The molecule has 1 amide bonds. The van der Waals surface area contributed by atoms with Crippen molar-refractivity contribution in [2.45, 2.75) is 0 Å². The van der Waals surface area contributed by atoms with Crippen molar-refractivity contribution in [2.75, 3.05) is 44.7 Å². The maximum Gasteiger partial charge on any atom is 0.253 e. The Morgan fingerprint density at radius 3 is 2.10 bits per heavy atom. The molecule has 1 aromatic heterocycles. The summed E-state index contributed by atoms with van der Waals surface area (Å²) in [4.78, 5) is 16.7. The second-order valence-electron chi connectivity index (χ2n) is 4.61. The van der Waals surface area contributed by atoms with Gasteiger partial charge in [0.25, 0.3) is 11.9 Å². The fourth-order valence-electron chi connectivity index (χ4n) is 2.17. The van der Waals surface area contributed by atoms with Crippen LogP contribution in [-0.2, 0) is 4.79 Å². The van der Waals surface area contributed by atoms with Gasteiger partial charge in [-0.25, -0.2) is 0 Å². The summed E-state index contributed by atoms with van der Waals surface area (Å²) in [6, 6.07) is 0. The third-order valence-electron chi connectivity index (χ3n) is 3.31. The molecular formula is C12H14F4N4O. The van der Waals surface area contributed by atoms with Crippen molar-refractivity contribution in [3.8, 4) is 0 Å². The Morgan fingerprint density at radius 2 is 1.62 bits per heavy atom. The molecule has 9 heteroatoms. The number of halogens is 4. The minimum Gasteiger partial charge on any atom is -0.364 e. The van der Waals surface area contributed by atoms with Gasteiger partial charge in [-0.2, -0.15) is 22.5 Å². The molecule has 116 valence electrons. The monoisotopic (exact) mass is 306 g/mol. The smallest absolute Gasteiger partial charge is 0.253 e. The van der Waals surface area contributed by atoms with Crippen LogP contribution < -0.4 is 10.2 Å². The van der Waals surface area contributed by atoms with Crippen LogP contribution in [0.2, 0.25) is 0 Å². The van der Waals surface area contributed by atoms with Gasteiger partial charge in [0.2, 0.25) is 17.5 Å². The number of anilines is 1. The third kappa shape index (κ3) is 3.23. The topological polar surface area (TPSA) is 48.5 Å². The predicted octanol–water partition coefficient (Wildman–Crippen LogP) is 0.506. The third-order valence-corrected chi connectivity index (χ3v) is 3.31. The van der Waals surface area contributed by atoms with Crippen LogP contribution in [0, 0.1) is 23.5 Å². The Morgan fingerprint density at radius 1 is 1.10 bits per heavy atom. The lowest BCUT2D eigenvalue weighted by Crippen LogP contribution is -2.49. The Balaban J connectivity index is 2.11. The number of pyridine rings is 1. The minimum atomic E-state index is -1.67. The molecule has 0 spiro atoms. The quantitative estimate of drug-likeness (QED) is 0.653.